The fourth-order valence-corrected chi connectivity index (χ4v) is 1.83. The topological polar surface area (TPSA) is 79.8 Å². The van der Waals surface area contributed by atoms with Crippen molar-refractivity contribution in [1.29, 1.82) is 0 Å². The van der Waals surface area contributed by atoms with Gasteiger partial charge in [-0.15, -0.1) is 0 Å². The minimum atomic E-state index is -0.182. The molecule has 0 aromatic heterocycles. The van der Waals surface area contributed by atoms with Gasteiger partial charge in [0.2, 0.25) is 11.8 Å². The summed E-state index contributed by atoms with van der Waals surface area (Å²) < 4.78 is 5.34. The van der Waals surface area contributed by atoms with Crippen LogP contribution in [0.5, 0.6) is 5.75 Å². The van der Waals surface area contributed by atoms with Crippen molar-refractivity contribution in [3.63, 3.8) is 0 Å². The van der Waals surface area contributed by atoms with E-state index in [1.165, 1.54) is 0 Å². The van der Waals surface area contributed by atoms with Crippen LogP contribution in [0.25, 0.3) is 0 Å². The minimum absolute atomic E-state index is 0.126. The quantitative estimate of drug-likeness (QED) is 0.542. The second-order valence-electron chi connectivity index (χ2n) is 5.17. The molecule has 0 aliphatic carbocycles. The Labute approximate surface area is 137 Å². The predicted molar refractivity (Wildman–Crippen MR) is 91.6 cm³/mol. The lowest BCUT2D eigenvalue weighted by molar-refractivity contribution is -0.121. The molecule has 0 saturated heterocycles. The molecule has 0 saturated carbocycles. The van der Waals surface area contributed by atoms with Crippen LogP contribution in [0, 0.1) is 0 Å². The van der Waals surface area contributed by atoms with E-state index in [0.717, 1.165) is 18.6 Å². The van der Waals surface area contributed by atoms with Crippen LogP contribution >= 0.6 is 0 Å². The van der Waals surface area contributed by atoms with Gasteiger partial charge in [-0.1, -0.05) is 13.3 Å². The van der Waals surface area contributed by atoms with Gasteiger partial charge in [0.15, 0.2) is 0 Å². The van der Waals surface area contributed by atoms with E-state index >= 15 is 0 Å². The first kappa shape index (κ1) is 18.7. The fourth-order valence-electron chi connectivity index (χ4n) is 1.83. The van der Waals surface area contributed by atoms with E-state index in [9.17, 15) is 9.59 Å². The zero-order valence-electron chi connectivity index (χ0n) is 14.0. The van der Waals surface area contributed by atoms with Crippen LogP contribution in [0.15, 0.2) is 29.4 Å². The third-order valence-corrected chi connectivity index (χ3v) is 2.99. The zero-order chi connectivity index (χ0) is 17.1. The summed E-state index contributed by atoms with van der Waals surface area (Å²) in [7, 11) is 0. The number of rotatable bonds is 9. The van der Waals surface area contributed by atoms with Gasteiger partial charge in [0.1, 0.15) is 5.75 Å². The second-order valence-corrected chi connectivity index (χ2v) is 5.17. The Morgan fingerprint density at radius 1 is 1.13 bits per heavy atom. The Bertz CT molecular complexity index is 539. The summed E-state index contributed by atoms with van der Waals surface area (Å²) in [6.07, 6.45) is 2.37. The largest absolute Gasteiger partial charge is 0.494 e. The van der Waals surface area contributed by atoms with Crippen molar-refractivity contribution in [3.8, 4) is 5.75 Å². The van der Waals surface area contributed by atoms with Crippen LogP contribution in [0.4, 0.5) is 5.69 Å². The highest BCUT2D eigenvalue weighted by molar-refractivity contribution is 6.05. The summed E-state index contributed by atoms with van der Waals surface area (Å²) in [6.45, 7) is 6.25. The second kappa shape index (κ2) is 10.4. The number of anilines is 1. The standard InChI is InChI=1S/C17H25N3O3/c1-4-6-7-16(21)20-19-13(3)12-17(22)18-14-8-10-15(11-9-14)23-5-2/h8-11H,4-7,12H2,1-3H3,(H,18,22)(H,20,21). The highest BCUT2D eigenvalue weighted by Crippen LogP contribution is 2.15. The van der Waals surface area contributed by atoms with Crippen molar-refractivity contribution in [3.05, 3.63) is 24.3 Å². The average molecular weight is 319 g/mol. The number of unbranched alkanes of at least 4 members (excludes halogenated alkanes) is 1. The molecule has 0 bridgehead atoms. The maximum absolute atomic E-state index is 11.9. The van der Waals surface area contributed by atoms with Crippen LogP contribution in [0.1, 0.15) is 46.5 Å². The number of carbonyl (C=O) groups excluding carboxylic acids is 2. The molecule has 6 heteroatoms. The molecular formula is C17H25N3O3. The maximum atomic E-state index is 11.9. The third-order valence-electron chi connectivity index (χ3n) is 2.99. The molecule has 23 heavy (non-hydrogen) atoms. The van der Waals surface area contributed by atoms with Crippen LogP contribution < -0.4 is 15.5 Å². The van der Waals surface area contributed by atoms with Crippen molar-refractivity contribution < 1.29 is 14.3 Å². The van der Waals surface area contributed by atoms with E-state index < -0.39 is 0 Å². The number of ether oxygens (including phenoxy) is 1. The highest BCUT2D eigenvalue weighted by atomic mass is 16.5. The lowest BCUT2D eigenvalue weighted by atomic mass is 10.2. The minimum Gasteiger partial charge on any atom is -0.494 e. The molecule has 0 spiro atoms. The Kier molecular flexibility index (Phi) is 8.42. The van der Waals surface area contributed by atoms with Crippen molar-refractivity contribution in [1.82, 2.24) is 5.43 Å². The summed E-state index contributed by atoms with van der Waals surface area (Å²) >= 11 is 0. The number of hydrogen-bond donors (Lipinski definition) is 2. The van der Waals surface area contributed by atoms with Crippen LogP contribution in [-0.4, -0.2) is 24.1 Å². The number of hydrogen-bond acceptors (Lipinski definition) is 4. The van der Waals surface area contributed by atoms with Crippen molar-refractivity contribution >= 4 is 23.2 Å². The zero-order valence-corrected chi connectivity index (χ0v) is 14.0. The molecule has 0 heterocycles. The Balaban J connectivity index is 2.41. The molecular weight excluding hydrogens is 294 g/mol. The molecule has 2 N–H and O–H groups in total. The smallest absolute Gasteiger partial charge is 0.240 e. The maximum Gasteiger partial charge on any atom is 0.240 e. The molecule has 0 aliphatic rings. The van der Waals surface area contributed by atoms with Gasteiger partial charge in [0, 0.05) is 17.8 Å². The van der Waals surface area contributed by atoms with Crippen LogP contribution in [-0.2, 0) is 9.59 Å². The molecule has 2 amide bonds. The molecule has 0 aliphatic heterocycles. The van der Waals surface area contributed by atoms with Gasteiger partial charge in [0.25, 0.3) is 0 Å². The van der Waals surface area contributed by atoms with Gasteiger partial charge in [-0.05, 0) is 44.5 Å². The predicted octanol–water partition coefficient (Wildman–Crippen LogP) is 3.10. The van der Waals surface area contributed by atoms with Crippen molar-refractivity contribution in [2.75, 3.05) is 11.9 Å². The highest BCUT2D eigenvalue weighted by Gasteiger charge is 2.06. The Hall–Kier alpha value is -2.37. The number of nitrogens with one attached hydrogen (secondary N) is 2. The molecule has 0 radical (unpaired) electrons. The monoisotopic (exact) mass is 319 g/mol. The van der Waals surface area contributed by atoms with Gasteiger partial charge in [-0.3, -0.25) is 9.59 Å². The van der Waals surface area contributed by atoms with E-state index in [1.807, 2.05) is 13.8 Å². The Morgan fingerprint density at radius 2 is 1.83 bits per heavy atom. The number of benzene rings is 1. The molecule has 0 fully saturated rings. The molecule has 126 valence electrons. The number of carbonyl (C=O) groups is 2. The van der Waals surface area contributed by atoms with Gasteiger partial charge < -0.3 is 10.1 Å². The molecule has 1 rings (SSSR count). The summed E-state index contributed by atoms with van der Waals surface area (Å²) in [5.74, 6) is 0.453. The van der Waals surface area contributed by atoms with Crippen molar-refractivity contribution in [2.24, 2.45) is 5.10 Å². The number of nitrogens with zero attached hydrogens (tertiary/aromatic N) is 1. The van der Waals surface area contributed by atoms with E-state index in [4.69, 9.17) is 4.74 Å². The van der Waals surface area contributed by atoms with E-state index in [0.29, 0.717) is 24.4 Å². The molecule has 0 atom stereocenters. The van der Waals surface area contributed by atoms with Gasteiger partial charge in [-0.2, -0.15) is 5.10 Å². The van der Waals surface area contributed by atoms with Crippen molar-refractivity contribution in [2.45, 2.75) is 46.5 Å². The number of amides is 2. The van der Waals surface area contributed by atoms with E-state index in [2.05, 4.69) is 15.8 Å². The first-order chi connectivity index (χ1) is 11.0. The van der Waals surface area contributed by atoms with Crippen LogP contribution in [0.2, 0.25) is 0 Å². The lowest BCUT2D eigenvalue weighted by Gasteiger charge is -2.07. The van der Waals surface area contributed by atoms with E-state index in [1.54, 1.807) is 31.2 Å². The Morgan fingerprint density at radius 3 is 2.43 bits per heavy atom. The lowest BCUT2D eigenvalue weighted by Crippen LogP contribution is -2.21. The molecule has 6 nitrogen and oxygen atoms in total. The van der Waals surface area contributed by atoms with Gasteiger partial charge >= 0.3 is 0 Å². The average Bonchev–Trinajstić information content (AvgIpc) is 2.53. The van der Waals surface area contributed by atoms with E-state index in [-0.39, 0.29) is 18.2 Å². The SMILES string of the molecule is CCCCC(=O)NN=C(C)CC(=O)Nc1ccc(OCC)cc1. The first-order valence-electron chi connectivity index (χ1n) is 7.89. The number of hydrazone groups is 1. The molecule has 1 aromatic rings. The van der Waals surface area contributed by atoms with Gasteiger partial charge in [-0.25, -0.2) is 5.43 Å². The fraction of sp³-hybridized carbons (Fsp3) is 0.471. The van der Waals surface area contributed by atoms with Gasteiger partial charge in [0.05, 0.1) is 13.0 Å². The first-order valence-corrected chi connectivity index (χ1v) is 7.89. The summed E-state index contributed by atoms with van der Waals surface area (Å²) in [5, 5.41) is 6.71. The molecule has 0 unspecified atom stereocenters. The normalized spacial score (nSPS) is 11.0. The molecule has 1 aromatic carbocycles. The summed E-state index contributed by atoms with van der Waals surface area (Å²) in [5.41, 5.74) is 3.71. The van der Waals surface area contributed by atoms with Crippen LogP contribution in [0.3, 0.4) is 0 Å². The third kappa shape index (κ3) is 7.99. The summed E-state index contributed by atoms with van der Waals surface area (Å²) in [6, 6.07) is 7.16. The summed E-state index contributed by atoms with van der Waals surface area (Å²) in [4.78, 5) is 23.4.